The Balaban J connectivity index is 1.99. The van der Waals surface area contributed by atoms with E-state index in [4.69, 9.17) is 5.73 Å². The van der Waals surface area contributed by atoms with Gasteiger partial charge in [0.25, 0.3) is 0 Å². The van der Waals surface area contributed by atoms with Crippen LogP contribution >= 0.6 is 0 Å². The zero-order valence-electron chi connectivity index (χ0n) is 9.09. The summed E-state index contributed by atoms with van der Waals surface area (Å²) in [6, 6.07) is 5.85. The first-order chi connectivity index (χ1) is 7.15. The number of hydrogen-bond donors (Lipinski definition) is 3. The van der Waals surface area contributed by atoms with Crippen LogP contribution in [0.15, 0.2) is 18.2 Å². The minimum atomic E-state index is 0.147. The molecule has 1 aliphatic rings. The number of nitrogens with two attached hydrogens (primary N) is 1. The highest BCUT2D eigenvalue weighted by molar-refractivity contribution is 5.57. The van der Waals surface area contributed by atoms with Gasteiger partial charge in [-0.2, -0.15) is 0 Å². The van der Waals surface area contributed by atoms with Gasteiger partial charge in [-0.1, -0.05) is 0 Å². The van der Waals surface area contributed by atoms with Crippen LogP contribution in [0.1, 0.15) is 18.4 Å². The molecule has 0 aromatic heterocycles. The Hall–Kier alpha value is -1.22. The molecule has 4 N–H and O–H groups in total. The first kappa shape index (κ1) is 10.3. The molecule has 82 valence electrons. The summed E-state index contributed by atoms with van der Waals surface area (Å²) in [6.07, 6.45) is 2.26. The lowest BCUT2D eigenvalue weighted by atomic mass is 10.1. The van der Waals surface area contributed by atoms with Crippen LogP contribution in [0.2, 0.25) is 0 Å². The van der Waals surface area contributed by atoms with Crippen molar-refractivity contribution in [3.8, 4) is 0 Å². The molecule has 0 radical (unpaired) electrons. The number of aliphatic hydroxyl groups excluding tert-OH is 1. The molecule has 2 rings (SSSR count). The van der Waals surface area contributed by atoms with Crippen molar-refractivity contribution < 1.29 is 5.11 Å². The van der Waals surface area contributed by atoms with Crippen molar-refractivity contribution in [3.63, 3.8) is 0 Å². The standard InChI is InChI=1S/C12H18N2O/c1-9-6-10(13)2-3-11(9)14-7-12(8-15)4-5-12/h2-3,6,14-15H,4-5,7-8,13H2,1H3. The van der Waals surface area contributed by atoms with Crippen LogP contribution in [0.5, 0.6) is 0 Å². The second-order valence-corrected chi connectivity index (χ2v) is 4.59. The van der Waals surface area contributed by atoms with E-state index in [0.717, 1.165) is 36.3 Å². The maximum atomic E-state index is 9.19. The predicted octanol–water partition coefficient (Wildman–Crippen LogP) is 1.76. The first-order valence-electron chi connectivity index (χ1n) is 5.36. The summed E-state index contributed by atoms with van der Waals surface area (Å²) in [7, 11) is 0. The van der Waals surface area contributed by atoms with Gasteiger partial charge in [-0.3, -0.25) is 0 Å². The lowest BCUT2D eigenvalue weighted by Gasteiger charge is -2.15. The van der Waals surface area contributed by atoms with Crippen LogP contribution in [0.25, 0.3) is 0 Å². The van der Waals surface area contributed by atoms with Crippen molar-refractivity contribution in [1.29, 1.82) is 0 Å². The SMILES string of the molecule is Cc1cc(N)ccc1NCC1(CO)CC1. The van der Waals surface area contributed by atoms with Gasteiger partial charge in [-0.25, -0.2) is 0 Å². The molecule has 0 atom stereocenters. The van der Waals surface area contributed by atoms with Crippen molar-refractivity contribution in [3.05, 3.63) is 23.8 Å². The molecule has 0 saturated heterocycles. The van der Waals surface area contributed by atoms with Gasteiger partial charge >= 0.3 is 0 Å². The average Bonchev–Trinajstić information content (AvgIpc) is 2.97. The summed E-state index contributed by atoms with van der Waals surface area (Å²) in [4.78, 5) is 0. The van der Waals surface area contributed by atoms with Crippen LogP contribution in [-0.4, -0.2) is 18.3 Å². The van der Waals surface area contributed by atoms with E-state index in [1.54, 1.807) is 0 Å². The van der Waals surface area contributed by atoms with E-state index < -0.39 is 0 Å². The van der Waals surface area contributed by atoms with Crippen molar-refractivity contribution in [2.24, 2.45) is 5.41 Å². The number of aliphatic hydroxyl groups is 1. The lowest BCUT2D eigenvalue weighted by Crippen LogP contribution is -2.19. The summed E-state index contributed by atoms with van der Waals surface area (Å²) in [5, 5.41) is 12.6. The molecule has 1 aromatic carbocycles. The fourth-order valence-electron chi connectivity index (χ4n) is 1.74. The fraction of sp³-hybridized carbons (Fsp3) is 0.500. The molecule has 0 spiro atoms. The third-order valence-electron chi connectivity index (χ3n) is 3.20. The Morgan fingerprint density at radius 2 is 2.20 bits per heavy atom. The Labute approximate surface area is 90.3 Å². The number of hydrogen-bond acceptors (Lipinski definition) is 3. The lowest BCUT2D eigenvalue weighted by molar-refractivity contribution is 0.220. The molecule has 1 aliphatic carbocycles. The maximum absolute atomic E-state index is 9.19. The fourth-order valence-corrected chi connectivity index (χ4v) is 1.74. The van der Waals surface area contributed by atoms with Crippen LogP contribution in [-0.2, 0) is 0 Å². The number of rotatable bonds is 4. The molecular formula is C12H18N2O. The Morgan fingerprint density at radius 1 is 1.47 bits per heavy atom. The molecule has 0 aliphatic heterocycles. The Kier molecular flexibility index (Phi) is 2.57. The number of aryl methyl sites for hydroxylation is 1. The molecule has 3 heteroatoms. The van der Waals surface area contributed by atoms with Gasteiger partial charge in [0.1, 0.15) is 0 Å². The molecular weight excluding hydrogens is 188 g/mol. The molecule has 1 saturated carbocycles. The summed E-state index contributed by atoms with van der Waals surface area (Å²) in [6.45, 7) is 3.18. The number of nitrogens with one attached hydrogen (secondary N) is 1. The highest BCUT2D eigenvalue weighted by Crippen LogP contribution is 2.45. The summed E-state index contributed by atoms with van der Waals surface area (Å²) in [5.74, 6) is 0. The summed E-state index contributed by atoms with van der Waals surface area (Å²) in [5.41, 5.74) is 8.89. The highest BCUT2D eigenvalue weighted by Gasteiger charge is 2.41. The zero-order chi connectivity index (χ0) is 10.9. The van der Waals surface area contributed by atoms with Gasteiger partial charge in [0, 0.05) is 23.3 Å². The highest BCUT2D eigenvalue weighted by atomic mass is 16.3. The third kappa shape index (κ3) is 2.23. The van der Waals surface area contributed by atoms with Crippen LogP contribution in [0, 0.1) is 12.3 Å². The van der Waals surface area contributed by atoms with E-state index >= 15 is 0 Å². The molecule has 0 bridgehead atoms. The van der Waals surface area contributed by atoms with Crippen molar-refractivity contribution in [1.82, 2.24) is 0 Å². The van der Waals surface area contributed by atoms with E-state index in [2.05, 4.69) is 5.32 Å². The number of anilines is 2. The average molecular weight is 206 g/mol. The Bertz CT molecular complexity index is 359. The number of benzene rings is 1. The van der Waals surface area contributed by atoms with Crippen molar-refractivity contribution in [2.75, 3.05) is 24.2 Å². The van der Waals surface area contributed by atoms with Gasteiger partial charge in [-0.15, -0.1) is 0 Å². The zero-order valence-corrected chi connectivity index (χ0v) is 9.09. The minimum absolute atomic E-state index is 0.147. The number of nitrogen functional groups attached to an aromatic ring is 1. The molecule has 15 heavy (non-hydrogen) atoms. The van der Waals surface area contributed by atoms with Crippen LogP contribution < -0.4 is 11.1 Å². The molecule has 1 fully saturated rings. The van der Waals surface area contributed by atoms with Crippen molar-refractivity contribution >= 4 is 11.4 Å². The smallest absolute Gasteiger partial charge is 0.0504 e. The van der Waals surface area contributed by atoms with E-state index in [1.165, 1.54) is 0 Å². The van der Waals surface area contributed by atoms with Crippen LogP contribution in [0.4, 0.5) is 11.4 Å². The minimum Gasteiger partial charge on any atom is -0.399 e. The third-order valence-corrected chi connectivity index (χ3v) is 3.20. The normalized spacial score (nSPS) is 17.5. The quantitative estimate of drug-likeness (QED) is 0.658. The topological polar surface area (TPSA) is 58.3 Å². The molecule has 1 aromatic rings. The first-order valence-corrected chi connectivity index (χ1v) is 5.36. The molecule has 0 amide bonds. The second-order valence-electron chi connectivity index (χ2n) is 4.59. The summed E-state index contributed by atoms with van der Waals surface area (Å²) < 4.78 is 0. The molecule has 0 heterocycles. The van der Waals surface area contributed by atoms with Gasteiger partial charge < -0.3 is 16.2 Å². The van der Waals surface area contributed by atoms with E-state index in [1.807, 2.05) is 25.1 Å². The Morgan fingerprint density at radius 3 is 2.73 bits per heavy atom. The maximum Gasteiger partial charge on any atom is 0.0504 e. The largest absolute Gasteiger partial charge is 0.399 e. The van der Waals surface area contributed by atoms with Gasteiger partial charge in [0.15, 0.2) is 0 Å². The van der Waals surface area contributed by atoms with Crippen molar-refractivity contribution in [2.45, 2.75) is 19.8 Å². The van der Waals surface area contributed by atoms with E-state index in [0.29, 0.717) is 0 Å². The van der Waals surface area contributed by atoms with Gasteiger partial charge in [-0.05, 0) is 43.5 Å². The van der Waals surface area contributed by atoms with Gasteiger partial charge in [0.2, 0.25) is 0 Å². The monoisotopic (exact) mass is 206 g/mol. The second kappa shape index (κ2) is 3.74. The van der Waals surface area contributed by atoms with Crippen LogP contribution in [0.3, 0.4) is 0 Å². The van der Waals surface area contributed by atoms with Gasteiger partial charge in [0.05, 0.1) is 6.61 Å². The summed E-state index contributed by atoms with van der Waals surface area (Å²) >= 11 is 0. The molecule has 3 nitrogen and oxygen atoms in total. The predicted molar refractivity (Wildman–Crippen MR) is 62.8 cm³/mol. The van der Waals surface area contributed by atoms with E-state index in [9.17, 15) is 5.11 Å². The molecule has 0 unspecified atom stereocenters. The van der Waals surface area contributed by atoms with E-state index in [-0.39, 0.29) is 12.0 Å².